The van der Waals surface area contributed by atoms with Crippen LogP contribution in [0.25, 0.3) is 0 Å². The molecular weight excluding hydrogens is 180 g/mol. The summed E-state index contributed by atoms with van der Waals surface area (Å²) in [6.45, 7) is 2.81. The van der Waals surface area contributed by atoms with E-state index in [4.69, 9.17) is 5.73 Å². The quantitative estimate of drug-likeness (QED) is 0.732. The van der Waals surface area contributed by atoms with E-state index in [0.29, 0.717) is 0 Å². The molecule has 0 fully saturated rings. The van der Waals surface area contributed by atoms with Gasteiger partial charge in [-0.25, -0.2) is 0 Å². The predicted octanol–water partition coefficient (Wildman–Crippen LogP) is 1.97. The fourth-order valence-corrected chi connectivity index (χ4v) is 1.93. The molecule has 0 aliphatic heterocycles. The fourth-order valence-electron chi connectivity index (χ4n) is 1.04. The van der Waals surface area contributed by atoms with Gasteiger partial charge in [0.25, 0.3) is 0 Å². The molecule has 0 spiro atoms. The van der Waals surface area contributed by atoms with Gasteiger partial charge in [-0.2, -0.15) is 11.8 Å². The van der Waals surface area contributed by atoms with Crippen LogP contribution in [0.2, 0.25) is 0 Å². The topological polar surface area (TPSA) is 38.9 Å². The van der Waals surface area contributed by atoms with Crippen molar-refractivity contribution in [1.29, 1.82) is 0 Å². The zero-order valence-corrected chi connectivity index (χ0v) is 8.81. The SMILES string of the molecule is Cc1cccc(CSCCCN)n1. The summed E-state index contributed by atoms with van der Waals surface area (Å²) in [4.78, 5) is 4.42. The van der Waals surface area contributed by atoms with Crippen molar-refractivity contribution in [3.8, 4) is 0 Å². The number of rotatable bonds is 5. The molecular formula is C10H16N2S. The maximum atomic E-state index is 5.40. The molecule has 1 heterocycles. The van der Waals surface area contributed by atoms with Gasteiger partial charge >= 0.3 is 0 Å². The summed E-state index contributed by atoms with van der Waals surface area (Å²) in [6.07, 6.45) is 1.09. The number of hydrogen-bond donors (Lipinski definition) is 1. The number of hydrogen-bond acceptors (Lipinski definition) is 3. The van der Waals surface area contributed by atoms with Crippen molar-refractivity contribution >= 4 is 11.8 Å². The lowest BCUT2D eigenvalue weighted by Gasteiger charge is -2.00. The van der Waals surface area contributed by atoms with Crippen molar-refractivity contribution in [2.24, 2.45) is 5.73 Å². The Labute approximate surface area is 83.9 Å². The van der Waals surface area contributed by atoms with E-state index in [1.165, 1.54) is 5.69 Å². The van der Waals surface area contributed by atoms with Gasteiger partial charge in [0.15, 0.2) is 0 Å². The first-order valence-electron chi connectivity index (χ1n) is 4.53. The first-order chi connectivity index (χ1) is 6.33. The highest BCUT2D eigenvalue weighted by molar-refractivity contribution is 7.98. The minimum absolute atomic E-state index is 0.786. The van der Waals surface area contributed by atoms with Crippen LogP contribution in [0.15, 0.2) is 18.2 Å². The molecule has 0 amide bonds. The second-order valence-corrected chi connectivity index (χ2v) is 4.07. The summed E-state index contributed by atoms with van der Waals surface area (Å²) in [5.41, 5.74) is 7.67. The van der Waals surface area contributed by atoms with Crippen LogP contribution >= 0.6 is 11.8 Å². The van der Waals surface area contributed by atoms with Crippen LogP contribution in [0.5, 0.6) is 0 Å². The van der Waals surface area contributed by atoms with Crippen molar-refractivity contribution < 1.29 is 0 Å². The second-order valence-electron chi connectivity index (χ2n) is 2.97. The maximum Gasteiger partial charge on any atom is 0.0505 e. The van der Waals surface area contributed by atoms with Crippen molar-refractivity contribution in [3.63, 3.8) is 0 Å². The van der Waals surface area contributed by atoms with Crippen LogP contribution in [0.4, 0.5) is 0 Å². The molecule has 1 aromatic heterocycles. The number of aromatic nitrogens is 1. The number of thioether (sulfide) groups is 1. The van der Waals surface area contributed by atoms with Gasteiger partial charge in [-0.05, 0) is 37.8 Å². The molecule has 72 valence electrons. The number of nitrogens with zero attached hydrogens (tertiary/aromatic N) is 1. The molecule has 3 heteroatoms. The van der Waals surface area contributed by atoms with Gasteiger partial charge in [-0.3, -0.25) is 4.98 Å². The van der Waals surface area contributed by atoms with Crippen LogP contribution in [-0.4, -0.2) is 17.3 Å². The largest absolute Gasteiger partial charge is 0.330 e. The van der Waals surface area contributed by atoms with Crippen molar-refractivity contribution in [2.45, 2.75) is 19.1 Å². The fraction of sp³-hybridized carbons (Fsp3) is 0.500. The molecule has 0 bridgehead atoms. The Morgan fingerprint density at radius 3 is 3.00 bits per heavy atom. The third-order valence-corrected chi connectivity index (χ3v) is 2.77. The highest BCUT2D eigenvalue weighted by Gasteiger charge is 1.94. The van der Waals surface area contributed by atoms with Gasteiger partial charge in [-0.1, -0.05) is 6.07 Å². The van der Waals surface area contributed by atoms with Gasteiger partial charge in [0, 0.05) is 11.4 Å². The average Bonchev–Trinajstić information content (AvgIpc) is 2.13. The third-order valence-electron chi connectivity index (χ3n) is 1.69. The zero-order valence-electron chi connectivity index (χ0n) is 7.99. The Balaban J connectivity index is 2.28. The molecule has 0 unspecified atom stereocenters. The Hall–Kier alpha value is -0.540. The summed E-state index contributed by atoms with van der Waals surface area (Å²) in [5.74, 6) is 2.13. The van der Waals surface area contributed by atoms with Crippen LogP contribution in [0.3, 0.4) is 0 Å². The van der Waals surface area contributed by atoms with Gasteiger partial charge in [0.05, 0.1) is 5.69 Å². The van der Waals surface area contributed by atoms with Crippen LogP contribution < -0.4 is 5.73 Å². The van der Waals surface area contributed by atoms with E-state index in [1.807, 2.05) is 24.8 Å². The summed E-state index contributed by atoms with van der Waals surface area (Å²) < 4.78 is 0. The Kier molecular flexibility index (Phi) is 4.86. The molecule has 0 aliphatic carbocycles. The van der Waals surface area contributed by atoms with Crippen molar-refractivity contribution in [1.82, 2.24) is 4.98 Å². The lowest BCUT2D eigenvalue weighted by Crippen LogP contribution is -1.99. The molecule has 2 N–H and O–H groups in total. The molecule has 1 rings (SSSR count). The molecule has 2 nitrogen and oxygen atoms in total. The van der Waals surface area contributed by atoms with E-state index >= 15 is 0 Å². The molecule has 13 heavy (non-hydrogen) atoms. The molecule has 0 atom stereocenters. The monoisotopic (exact) mass is 196 g/mol. The third kappa shape index (κ3) is 4.29. The van der Waals surface area contributed by atoms with Crippen LogP contribution in [0.1, 0.15) is 17.8 Å². The maximum absolute atomic E-state index is 5.40. The van der Waals surface area contributed by atoms with Gasteiger partial charge in [0.1, 0.15) is 0 Å². The standard InChI is InChI=1S/C10H16N2S/c1-9-4-2-5-10(12-9)8-13-7-3-6-11/h2,4-5H,3,6-8,11H2,1H3. The van der Waals surface area contributed by atoms with Gasteiger partial charge in [-0.15, -0.1) is 0 Å². The van der Waals surface area contributed by atoms with E-state index in [2.05, 4.69) is 17.1 Å². The van der Waals surface area contributed by atoms with Gasteiger partial charge in [0.2, 0.25) is 0 Å². The lowest BCUT2D eigenvalue weighted by molar-refractivity contribution is 0.942. The highest BCUT2D eigenvalue weighted by Crippen LogP contribution is 2.10. The Morgan fingerprint density at radius 2 is 2.31 bits per heavy atom. The normalized spacial score (nSPS) is 10.3. The van der Waals surface area contributed by atoms with E-state index < -0.39 is 0 Å². The van der Waals surface area contributed by atoms with E-state index in [1.54, 1.807) is 0 Å². The Bertz CT molecular complexity index is 250. The van der Waals surface area contributed by atoms with Crippen molar-refractivity contribution in [2.75, 3.05) is 12.3 Å². The average molecular weight is 196 g/mol. The Morgan fingerprint density at radius 1 is 1.46 bits per heavy atom. The molecule has 1 aromatic rings. The van der Waals surface area contributed by atoms with Crippen LogP contribution in [-0.2, 0) is 5.75 Å². The molecule has 0 saturated heterocycles. The number of aryl methyl sites for hydroxylation is 1. The first kappa shape index (κ1) is 10.5. The lowest BCUT2D eigenvalue weighted by atomic mass is 10.3. The zero-order chi connectivity index (χ0) is 9.52. The van der Waals surface area contributed by atoms with E-state index in [0.717, 1.165) is 30.2 Å². The number of nitrogens with two attached hydrogens (primary N) is 1. The highest BCUT2D eigenvalue weighted by atomic mass is 32.2. The summed E-state index contributed by atoms with van der Waals surface area (Å²) >= 11 is 1.90. The molecule has 0 aliphatic rings. The van der Waals surface area contributed by atoms with Gasteiger partial charge < -0.3 is 5.73 Å². The summed E-state index contributed by atoms with van der Waals surface area (Å²) in [6, 6.07) is 6.15. The van der Waals surface area contributed by atoms with Crippen molar-refractivity contribution in [3.05, 3.63) is 29.6 Å². The summed E-state index contributed by atoms with van der Waals surface area (Å²) in [5, 5.41) is 0. The molecule has 0 saturated carbocycles. The minimum Gasteiger partial charge on any atom is -0.330 e. The van der Waals surface area contributed by atoms with E-state index in [9.17, 15) is 0 Å². The minimum atomic E-state index is 0.786. The van der Waals surface area contributed by atoms with Crippen LogP contribution in [0, 0.1) is 6.92 Å². The smallest absolute Gasteiger partial charge is 0.0505 e. The molecule has 0 aromatic carbocycles. The van der Waals surface area contributed by atoms with E-state index in [-0.39, 0.29) is 0 Å². The summed E-state index contributed by atoms with van der Waals surface area (Å²) in [7, 11) is 0. The number of pyridine rings is 1. The first-order valence-corrected chi connectivity index (χ1v) is 5.69. The second kappa shape index (κ2) is 6.00. The predicted molar refractivity (Wildman–Crippen MR) is 58.8 cm³/mol. The molecule has 0 radical (unpaired) electrons.